The normalized spacial score (nSPS) is 10.4. The van der Waals surface area contributed by atoms with Crippen LogP contribution in [0, 0.1) is 12.7 Å². The zero-order valence-corrected chi connectivity index (χ0v) is 12.0. The van der Waals surface area contributed by atoms with Crippen LogP contribution in [0.2, 0.25) is 5.02 Å². The quantitative estimate of drug-likeness (QED) is 0.789. The second kappa shape index (κ2) is 6.06. The summed E-state index contributed by atoms with van der Waals surface area (Å²) in [6, 6.07) is 9.51. The van der Waals surface area contributed by atoms with Crippen LogP contribution >= 0.6 is 11.6 Å². The average molecular weight is 293 g/mol. The standard InChI is InChI=1S/C16H14ClFO2/c1-10-3-4-12(8-16(10)20-2)15(19)7-11-5-6-13(17)9-14(11)18/h3-6,8-9H,7H2,1-2H3. The number of Topliss-reactive ketones (excluding diaryl/α,β-unsaturated/α-hetero) is 1. The van der Waals surface area contributed by atoms with Crippen molar-refractivity contribution < 1.29 is 13.9 Å². The lowest BCUT2D eigenvalue weighted by Crippen LogP contribution is -2.06. The van der Waals surface area contributed by atoms with Crippen LogP contribution < -0.4 is 4.74 Å². The van der Waals surface area contributed by atoms with E-state index in [9.17, 15) is 9.18 Å². The Hall–Kier alpha value is -1.87. The van der Waals surface area contributed by atoms with Gasteiger partial charge in [-0.25, -0.2) is 4.39 Å². The van der Waals surface area contributed by atoms with E-state index >= 15 is 0 Å². The van der Waals surface area contributed by atoms with Crippen molar-refractivity contribution in [3.8, 4) is 5.75 Å². The van der Waals surface area contributed by atoms with Gasteiger partial charge in [0.15, 0.2) is 5.78 Å². The molecule has 20 heavy (non-hydrogen) atoms. The summed E-state index contributed by atoms with van der Waals surface area (Å²) in [6.07, 6.45) is -0.00474. The minimum Gasteiger partial charge on any atom is -0.496 e. The van der Waals surface area contributed by atoms with E-state index in [0.29, 0.717) is 21.9 Å². The number of hydrogen-bond acceptors (Lipinski definition) is 2. The van der Waals surface area contributed by atoms with Gasteiger partial charge in [-0.05, 0) is 36.2 Å². The highest BCUT2D eigenvalue weighted by molar-refractivity contribution is 6.30. The van der Waals surface area contributed by atoms with Crippen LogP contribution in [0.1, 0.15) is 21.5 Å². The van der Waals surface area contributed by atoms with Gasteiger partial charge in [-0.1, -0.05) is 29.8 Å². The van der Waals surface area contributed by atoms with Crippen LogP contribution in [0.15, 0.2) is 36.4 Å². The number of carbonyl (C=O) groups is 1. The van der Waals surface area contributed by atoms with Crippen molar-refractivity contribution in [3.05, 3.63) is 63.9 Å². The van der Waals surface area contributed by atoms with Gasteiger partial charge >= 0.3 is 0 Å². The summed E-state index contributed by atoms with van der Waals surface area (Å²) in [5.41, 5.74) is 1.78. The van der Waals surface area contributed by atoms with Gasteiger partial charge in [-0.15, -0.1) is 0 Å². The SMILES string of the molecule is COc1cc(C(=O)Cc2ccc(Cl)cc2F)ccc1C. The van der Waals surface area contributed by atoms with Gasteiger partial charge in [0.2, 0.25) is 0 Å². The van der Waals surface area contributed by atoms with Gasteiger partial charge in [0, 0.05) is 17.0 Å². The van der Waals surface area contributed by atoms with E-state index in [1.54, 1.807) is 25.3 Å². The summed E-state index contributed by atoms with van der Waals surface area (Å²) in [6.45, 7) is 1.89. The van der Waals surface area contributed by atoms with Crippen LogP contribution in [-0.2, 0) is 6.42 Å². The summed E-state index contributed by atoms with van der Waals surface area (Å²) in [7, 11) is 1.55. The number of rotatable bonds is 4. The van der Waals surface area contributed by atoms with Crippen molar-refractivity contribution in [2.24, 2.45) is 0 Å². The van der Waals surface area contributed by atoms with E-state index in [2.05, 4.69) is 0 Å². The Kier molecular flexibility index (Phi) is 4.40. The highest BCUT2D eigenvalue weighted by atomic mass is 35.5. The highest BCUT2D eigenvalue weighted by Crippen LogP contribution is 2.21. The lowest BCUT2D eigenvalue weighted by atomic mass is 10.0. The third kappa shape index (κ3) is 3.17. The molecule has 0 aliphatic heterocycles. The fourth-order valence-corrected chi connectivity index (χ4v) is 2.09. The number of hydrogen-bond donors (Lipinski definition) is 0. The summed E-state index contributed by atoms with van der Waals surface area (Å²) >= 11 is 5.69. The number of halogens is 2. The van der Waals surface area contributed by atoms with Crippen LogP contribution in [0.5, 0.6) is 5.75 Å². The molecule has 0 atom stereocenters. The van der Waals surface area contributed by atoms with E-state index in [4.69, 9.17) is 16.3 Å². The highest BCUT2D eigenvalue weighted by Gasteiger charge is 2.12. The van der Waals surface area contributed by atoms with Gasteiger partial charge in [0.1, 0.15) is 11.6 Å². The first-order chi connectivity index (χ1) is 9.51. The Morgan fingerprint density at radius 1 is 1.25 bits per heavy atom. The average Bonchev–Trinajstić information content (AvgIpc) is 2.42. The van der Waals surface area contributed by atoms with Crippen LogP contribution in [0.3, 0.4) is 0 Å². The molecule has 0 saturated heterocycles. The predicted molar refractivity (Wildman–Crippen MR) is 77.2 cm³/mol. The number of carbonyl (C=O) groups excluding carboxylic acids is 1. The second-order valence-corrected chi connectivity index (χ2v) is 4.96. The molecule has 0 N–H and O–H groups in total. The second-order valence-electron chi connectivity index (χ2n) is 4.52. The molecule has 0 bridgehead atoms. The van der Waals surface area contributed by atoms with Gasteiger partial charge in [-0.3, -0.25) is 4.79 Å². The van der Waals surface area contributed by atoms with E-state index in [1.165, 1.54) is 12.1 Å². The van der Waals surface area contributed by atoms with E-state index in [1.807, 2.05) is 13.0 Å². The molecular weight excluding hydrogens is 279 g/mol. The Morgan fingerprint density at radius 3 is 2.65 bits per heavy atom. The van der Waals surface area contributed by atoms with Gasteiger partial charge in [0.05, 0.1) is 7.11 Å². The largest absolute Gasteiger partial charge is 0.496 e. The molecule has 2 aromatic carbocycles. The van der Waals surface area contributed by atoms with Crippen molar-refractivity contribution in [2.45, 2.75) is 13.3 Å². The maximum absolute atomic E-state index is 13.7. The lowest BCUT2D eigenvalue weighted by molar-refractivity contribution is 0.0991. The fourth-order valence-electron chi connectivity index (χ4n) is 1.93. The Bertz CT molecular complexity index is 653. The van der Waals surface area contributed by atoms with Gasteiger partial charge in [0.25, 0.3) is 0 Å². The molecule has 104 valence electrons. The monoisotopic (exact) mass is 292 g/mol. The molecule has 0 saturated carbocycles. The molecule has 0 radical (unpaired) electrons. The maximum Gasteiger partial charge on any atom is 0.167 e. The Morgan fingerprint density at radius 2 is 2.00 bits per heavy atom. The molecule has 0 aliphatic carbocycles. The number of aryl methyl sites for hydroxylation is 1. The zero-order chi connectivity index (χ0) is 14.7. The minimum atomic E-state index is -0.468. The van der Waals surface area contributed by atoms with Crippen LogP contribution in [-0.4, -0.2) is 12.9 Å². The molecule has 0 amide bonds. The third-order valence-electron chi connectivity index (χ3n) is 3.10. The Balaban J connectivity index is 2.24. The van der Waals surface area contributed by atoms with Gasteiger partial charge < -0.3 is 4.74 Å². The molecule has 0 heterocycles. The maximum atomic E-state index is 13.7. The predicted octanol–water partition coefficient (Wildman–Crippen LogP) is 4.22. The van der Waals surface area contributed by atoms with E-state index in [-0.39, 0.29) is 12.2 Å². The Labute approximate surface area is 122 Å². The molecule has 0 unspecified atom stereocenters. The molecule has 4 heteroatoms. The number of benzene rings is 2. The molecule has 2 rings (SSSR count). The molecule has 2 aromatic rings. The minimum absolute atomic E-state index is 0.00474. The zero-order valence-electron chi connectivity index (χ0n) is 11.2. The number of methoxy groups -OCH3 is 1. The van der Waals surface area contributed by atoms with Crippen molar-refractivity contribution in [2.75, 3.05) is 7.11 Å². The molecular formula is C16H14ClFO2. The molecule has 0 aliphatic rings. The summed E-state index contributed by atoms with van der Waals surface area (Å²) < 4.78 is 18.9. The van der Waals surface area contributed by atoms with Crippen molar-refractivity contribution >= 4 is 17.4 Å². The summed E-state index contributed by atoms with van der Waals surface area (Å²) in [4.78, 5) is 12.2. The third-order valence-corrected chi connectivity index (χ3v) is 3.33. The van der Waals surface area contributed by atoms with Crippen molar-refractivity contribution in [3.63, 3.8) is 0 Å². The number of ketones is 1. The molecule has 0 aromatic heterocycles. The van der Waals surface area contributed by atoms with Crippen molar-refractivity contribution in [1.29, 1.82) is 0 Å². The van der Waals surface area contributed by atoms with E-state index < -0.39 is 5.82 Å². The van der Waals surface area contributed by atoms with Crippen LogP contribution in [0.4, 0.5) is 4.39 Å². The molecule has 2 nitrogen and oxygen atoms in total. The fraction of sp³-hybridized carbons (Fsp3) is 0.188. The summed E-state index contributed by atoms with van der Waals surface area (Å²) in [5.74, 6) is 0.0156. The van der Waals surface area contributed by atoms with Crippen molar-refractivity contribution in [1.82, 2.24) is 0 Å². The van der Waals surface area contributed by atoms with Gasteiger partial charge in [-0.2, -0.15) is 0 Å². The summed E-state index contributed by atoms with van der Waals surface area (Å²) in [5, 5.41) is 0.315. The molecule has 0 fully saturated rings. The smallest absolute Gasteiger partial charge is 0.167 e. The topological polar surface area (TPSA) is 26.3 Å². The van der Waals surface area contributed by atoms with Crippen LogP contribution in [0.25, 0.3) is 0 Å². The van der Waals surface area contributed by atoms with E-state index in [0.717, 1.165) is 5.56 Å². The lowest BCUT2D eigenvalue weighted by Gasteiger charge is -2.08. The number of ether oxygens (including phenoxy) is 1. The first-order valence-corrected chi connectivity index (χ1v) is 6.51. The molecule has 0 spiro atoms. The first-order valence-electron chi connectivity index (χ1n) is 6.13. The first kappa shape index (κ1) is 14.5.